The van der Waals surface area contributed by atoms with Gasteiger partial charge in [0.1, 0.15) is 0 Å². The van der Waals surface area contributed by atoms with Crippen molar-refractivity contribution in [1.29, 1.82) is 0 Å². The molecule has 0 unspecified atom stereocenters. The van der Waals surface area contributed by atoms with Gasteiger partial charge in [0.05, 0.1) is 27.4 Å². The van der Waals surface area contributed by atoms with Crippen molar-refractivity contribution in [2.24, 2.45) is 0 Å². The van der Waals surface area contributed by atoms with Crippen LogP contribution in [-0.2, 0) is 6.54 Å². The van der Waals surface area contributed by atoms with Crippen molar-refractivity contribution in [3.63, 3.8) is 0 Å². The molecule has 0 fully saturated rings. The van der Waals surface area contributed by atoms with Crippen LogP contribution in [0.1, 0.15) is 27.2 Å². The Labute approximate surface area is 176 Å². The average Bonchev–Trinajstić information content (AvgIpc) is 3.18. The van der Waals surface area contributed by atoms with Gasteiger partial charge in [-0.1, -0.05) is 35.6 Å². The number of nitro groups is 1. The first kappa shape index (κ1) is 19.7. The second-order valence-corrected chi connectivity index (χ2v) is 7.85. The number of para-hydroxylation sites is 1. The molecule has 1 amide bonds. The number of aromatic nitrogens is 2. The van der Waals surface area contributed by atoms with E-state index >= 15 is 0 Å². The molecule has 2 heterocycles. The first-order valence-electron chi connectivity index (χ1n) is 9.27. The van der Waals surface area contributed by atoms with Gasteiger partial charge in [0.15, 0.2) is 5.13 Å². The monoisotopic (exact) mass is 418 g/mol. The molecule has 4 rings (SSSR count). The van der Waals surface area contributed by atoms with Crippen LogP contribution >= 0.6 is 11.3 Å². The Kier molecular flexibility index (Phi) is 5.24. The molecule has 7 nitrogen and oxygen atoms in total. The molecule has 0 spiro atoms. The van der Waals surface area contributed by atoms with Crippen LogP contribution in [-0.4, -0.2) is 20.8 Å². The minimum Gasteiger partial charge on any atom is -0.278 e. The SMILES string of the molecule is Cc1c(C(=O)N(Cc2ccccn2)c2nc3c(C)cccc3s2)cccc1[N+](=O)[O-]. The molecule has 0 aliphatic heterocycles. The minimum absolute atomic E-state index is 0.0845. The zero-order valence-corrected chi connectivity index (χ0v) is 17.2. The van der Waals surface area contributed by atoms with Gasteiger partial charge in [-0.15, -0.1) is 0 Å². The second-order valence-electron chi connectivity index (χ2n) is 6.84. The number of carbonyl (C=O) groups excluding carboxylic acids is 1. The van der Waals surface area contributed by atoms with E-state index in [4.69, 9.17) is 4.98 Å². The molecule has 150 valence electrons. The highest BCUT2D eigenvalue weighted by molar-refractivity contribution is 7.22. The summed E-state index contributed by atoms with van der Waals surface area (Å²) in [6.07, 6.45) is 1.67. The van der Waals surface area contributed by atoms with Crippen molar-refractivity contribution in [3.8, 4) is 0 Å². The van der Waals surface area contributed by atoms with Gasteiger partial charge in [0, 0.05) is 23.4 Å². The largest absolute Gasteiger partial charge is 0.278 e. The maximum Gasteiger partial charge on any atom is 0.273 e. The molecule has 0 aliphatic carbocycles. The molecule has 0 saturated carbocycles. The van der Waals surface area contributed by atoms with Gasteiger partial charge >= 0.3 is 0 Å². The fourth-order valence-corrected chi connectivity index (χ4v) is 4.31. The number of carbonyl (C=O) groups is 1. The maximum atomic E-state index is 13.5. The van der Waals surface area contributed by atoms with Crippen LogP contribution in [0.4, 0.5) is 10.8 Å². The van der Waals surface area contributed by atoms with Crippen molar-refractivity contribution in [3.05, 3.63) is 93.3 Å². The van der Waals surface area contributed by atoms with Crippen LogP contribution in [0, 0.1) is 24.0 Å². The lowest BCUT2D eigenvalue weighted by Crippen LogP contribution is -2.31. The van der Waals surface area contributed by atoms with Crippen LogP contribution in [0.3, 0.4) is 0 Å². The van der Waals surface area contributed by atoms with E-state index in [0.29, 0.717) is 16.4 Å². The molecule has 4 aromatic rings. The molecule has 2 aromatic carbocycles. The molecule has 0 radical (unpaired) electrons. The van der Waals surface area contributed by atoms with Crippen LogP contribution in [0.25, 0.3) is 10.2 Å². The van der Waals surface area contributed by atoms with E-state index in [1.807, 2.05) is 37.3 Å². The number of hydrogen-bond acceptors (Lipinski definition) is 6. The van der Waals surface area contributed by atoms with Crippen molar-refractivity contribution in [2.75, 3.05) is 4.90 Å². The normalized spacial score (nSPS) is 10.9. The van der Waals surface area contributed by atoms with E-state index in [2.05, 4.69) is 4.98 Å². The topological polar surface area (TPSA) is 89.2 Å². The van der Waals surface area contributed by atoms with Gasteiger partial charge < -0.3 is 0 Å². The standard InChI is InChI=1S/C22H18N4O3S/c1-14-7-5-11-19-20(14)24-22(30-19)25(13-16-8-3-4-12-23-16)21(27)17-9-6-10-18(15(17)2)26(28)29/h3-12H,13H2,1-2H3. The third-order valence-electron chi connectivity index (χ3n) is 4.86. The van der Waals surface area contributed by atoms with E-state index in [1.54, 1.807) is 30.2 Å². The summed E-state index contributed by atoms with van der Waals surface area (Å²) in [5, 5.41) is 11.9. The second kappa shape index (κ2) is 8.00. The van der Waals surface area contributed by atoms with E-state index in [-0.39, 0.29) is 23.7 Å². The summed E-state index contributed by atoms with van der Waals surface area (Å²) in [4.78, 5) is 35.0. The molecule has 0 bridgehead atoms. The predicted molar refractivity (Wildman–Crippen MR) is 117 cm³/mol. The number of thiazole rings is 1. The summed E-state index contributed by atoms with van der Waals surface area (Å²) in [6, 6.07) is 15.9. The fourth-order valence-electron chi connectivity index (χ4n) is 3.27. The first-order chi connectivity index (χ1) is 14.5. The summed E-state index contributed by atoms with van der Waals surface area (Å²) in [5.41, 5.74) is 3.08. The molecule has 0 saturated heterocycles. The molecular formula is C22H18N4O3S. The lowest BCUT2D eigenvalue weighted by atomic mass is 10.1. The van der Waals surface area contributed by atoms with Crippen molar-refractivity contribution < 1.29 is 9.72 Å². The number of hydrogen-bond donors (Lipinski definition) is 0. The Morgan fingerprint density at radius 1 is 1.10 bits per heavy atom. The smallest absolute Gasteiger partial charge is 0.273 e. The van der Waals surface area contributed by atoms with Gasteiger partial charge in [-0.2, -0.15) is 0 Å². The van der Waals surface area contributed by atoms with Gasteiger partial charge in [-0.25, -0.2) is 4.98 Å². The summed E-state index contributed by atoms with van der Waals surface area (Å²) in [5.74, 6) is -0.349. The fraction of sp³-hybridized carbons (Fsp3) is 0.136. The molecule has 8 heteroatoms. The number of nitrogens with zero attached hydrogens (tertiary/aromatic N) is 4. The Bertz CT molecular complexity index is 1250. The molecule has 0 aliphatic rings. The van der Waals surface area contributed by atoms with E-state index in [0.717, 1.165) is 15.8 Å². The van der Waals surface area contributed by atoms with Crippen molar-refractivity contribution in [2.45, 2.75) is 20.4 Å². The highest BCUT2D eigenvalue weighted by Crippen LogP contribution is 2.33. The first-order valence-corrected chi connectivity index (χ1v) is 10.1. The highest BCUT2D eigenvalue weighted by Gasteiger charge is 2.26. The zero-order valence-electron chi connectivity index (χ0n) is 16.4. The Morgan fingerprint density at radius 2 is 1.90 bits per heavy atom. The third kappa shape index (κ3) is 3.65. The Morgan fingerprint density at radius 3 is 2.60 bits per heavy atom. The van der Waals surface area contributed by atoms with Crippen LogP contribution in [0.2, 0.25) is 0 Å². The quantitative estimate of drug-likeness (QED) is 0.334. The van der Waals surface area contributed by atoms with Gasteiger partial charge in [-0.05, 0) is 43.7 Å². The number of nitro benzene ring substituents is 1. The van der Waals surface area contributed by atoms with Crippen molar-refractivity contribution in [1.82, 2.24) is 9.97 Å². The third-order valence-corrected chi connectivity index (χ3v) is 5.91. The Balaban J connectivity index is 1.83. The number of aryl methyl sites for hydroxylation is 1. The maximum absolute atomic E-state index is 13.5. The molecule has 2 aromatic heterocycles. The van der Waals surface area contributed by atoms with Gasteiger partial charge in [0.25, 0.3) is 11.6 Å². The van der Waals surface area contributed by atoms with E-state index in [1.165, 1.54) is 23.5 Å². The van der Waals surface area contributed by atoms with Gasteiger partial charge in [-0.3, -0.25) is 24.8 Å². The van der Waals surface area contributed by atoms with Gasteiger partial charge in [0.2, 0.25) is 0 Å². The molecular weight excluding hydrogens is 400 g/mol. The molecule has 0 atom stereocenters. The Hall–Kier alpha value is -3.65. The zero-order chi connectivity index (χ0) is 21.3. The summed E-state index contributed by atoms with van der Waals surface area (Å²) >= 11 is 1.41. The highest BCUT2D eigenvalue weighted by atomic mass is 32.1. The number of benzene rings is 2. The number of fused-ring (bicyclic) bond motifs is 1. The van der Waals surface area contributed by atoms with Crippen LogP contribution in [0.15, 0.2) is 60.8 Å². The summed E-state index contributed by atoms with van der Waals surface area (Å²) in [7, 11) is 0. The minimum atomic E-state index is -0.476. The molecule has 0 N–H and O–H groups in total. The lowest BCUT2D eigenvalue weighted by molar-refractivity contribution is -0.385. The average molecular weight is 418 g/mol. The number of pyridine rings is 1. The van der Waals surface area contributed by atoms with Crippen LogP contribution < -0.4 is 4.90 Å². The van der Waals surface area contributed by atoms with Crippen molar-refractivity contribution >= 4 is 38.3 Å². The number of amides is 1. The number of anilines is 1. The number of rotatable bonds is 5. The van der Waals surface area contributed by atoms with E-state index < -0.39 is 4.92 Å². The predicted octanol–water partition coefficient (Wildman–Crippen LogP) is 5.06. The van der Waals surface area contributed by atoms with E-state index in [9.17, 15) is 14.9 Å². The van der Waals surface area contributed by atoms with Crippen LogP contribution in [0.5, 0.6) is 0 Å². The summed E-state index contributed by atoms with van der Waals surface area (Å²) < 4.78 is 0.972. The molecule has 30 heavy (non-hydrogen) atoms. The lowest BCUT2D eigenvalue weighted by Gasteiger charge is -2.20. The summed E-state index contributed by atoms with van der Waals surface area (Å²) in [6.45, 7) is 3.77.